The van der Waals surface area contributed by atoms with Crippen molar-refractivity contribution in [3.63, 3.8) is 0 Å². The number of carboxylic acid groups (broad SMARTS) is 1. The lowest BCUT2D eigenvalue weighted by Crippen LogP contribution is -2.60. The zero-order valence-electron chi connectivity index (χ0n) is 22.0. The van der Waals surface area contributed by atoms with Crippen molar-refractivity contribution >= 4 is 38.4 Å². The number of carbonyl (C=O) groups is 2. The van der Waals surface area contributed by atoms with Crippen LogP contribution in [0.3, 0.4) is 0 Å². The number of anilines is 1. The van der Waals surface area contributed by atoms with Crippen molar-refractivity contribution in [2.45, 2.75) is 43.6 Å². The molecule has 0 spiro atoms. The molecule has 1 unspecified atom stereocenters. The zero-order valence-corrected chi connectivity index (χ0v) is 23.6. The van der Waals surface area contributed by atoms with Gasteiger partial charge in [0.25, 0.3) is 0 Å². The van der Waals surface area contributed by atoms with Crippen molar-refractivity contribution in [2.24, 2.45) is 0 Å². The Morgan fingerprint density at radius 1 is 1.12 bits per heavy atom. The van der Waals surface area contributed by atoms with Gasteiger partial charge in [0.1, 0.15) is 16.7 Å². The Kier molecular flexibility index (Phi) is 8.89. The van der Waals surface area contributed by atoms with Crippen LogP contribution in [0.1, 0.15) is 40.6 Å². The number of carboxylic acids is 1. The van der Waals surface area contributed by atoms with Gasteiger partial charge >= 0.3 is 12.3 Å². The van der Waals surface area contributed by atoms with Crippen LogP contribution in [0.5, 0.6) is 5.75 Å². The van der Waals surface area contributed by atoms with E-state index >= 15 is 0 Å². The number of benzene rings is 2. The number of halogens is 3. The molecule has 0 bridgehead atoms. The van der Waals surface area contributed by atoms with E-state index in [-0.39, 0.29) is 36.0 Å². The quantitative estimate of drug-likeness (QED) is 0.370. The van der Waals surface area contributed by atoms with E-state index in [1.807, 2.05) is 24.3 Å². The fourth-order valence-corrected chi connectivity index (χ4v) is 6.59. The molecule has 1 fully saturated rings. The van der Waals surface area contributed by atoms with Crippen molar-refractivity contribution in [2.75, 3.05) is 24.5 Å². The predicted octanol–water partition coefficient (Wildman–Crippen LogP) is 4.06. The van der Waals surface area contributed by atoms with Crippen LogP contribution < -0.4 is 15.0 Å². The number of aromatic carboxylic acids is 1. The van der Waals surface area contributed by atoms with Gasteiger partial charge < -0.3 is 20.1 Å². The number of hydrogen-bond acceptors (Lipinski definition) is 8. The number of hydrogen-bond donors (Lipinski definition) is 2. The summed E-state index contributed by atoms with van der Waals surface area (Å²) in [4.78, 5) is 30.2. The number of ether oxygens (including phenoxy) is 1. The molecule has 2 heterocycles. The lowest BCUT2D eigenvalue weighted by Gasteiger charge is -2.39. The summed E-state index contributed by atoms with van der Waals surface area (Å²) in [6.07, 6.45) is -3.75. The number of carbonyl (C=O) groups excluding carboxylic acids is 1. The van der Waals surface area contributed by atoms with Crippen LogP contribution in [-0.4, -0.2) is 66.7 Å². The van der Waals surface area contributed by atoms with Crippen LogP contribution in [0.2, 0.25) is 0 Å². The fraction of sp³-hybridized carbons (Fsp3) is 0.346. The van der Waals surface area contributed by atoms with Crippen LogP contribution in [0, 0.1) is 0 Å². The summed E-state index contributed by atoms with van der Waals surface area (Å²) >= 11 is 0.896. The van der Waals surface area contributed by atoms with E-state index in [1.165, 1.54) is 6.20 Å². The van der Waals surface area contributed by atoms with E-state index in [1.54, 1.807) is 4.90 Å². The Hall–Kier alpha value is -3.69. The Balaban J connectivity index is 1.58. The second-order valence-corrected chi connectivity index (χ2v) is 12.4. The maximum atomic E-state index is 13.6. The molecule has 220 valence electrons. The highest BCUT2D eigenvalue weighted by Gasteiger charge is 2.41. The van der Waals surface area contributed by atoms with Crippen molar-refractivity contribution in [1.29, 1.82) is 0 Å². The number of piperazine rings is 1. The highest BCUT2D eigenvalue weighted by Crippen LogP contribution is 2.30. The van der Waals surface area contributed by atoms with Crippen LogP contribution in [-0.2, 0) is 21.4 Å². The van der Waals surface area contributed by atoms with Gasteiger partial charge in [-0.05, 0) is 41.3 Å². The highest BCUT2D eigenvalue weighted by atomic mass is 32.2. The lowest BCUT2D eigenvalue weighted by atomic mass is 10.0. The third-order valence-corrected chi connectivity index (χ3v) is 9.35. The molecule has 10 nitrogen and oxygen atoms in total. The monoisotopic (exact) mass is 612 g/mol. The molecule has 1 saturated heterocycles. The summed E-state index contributed by atoms with van der Waals surface area (Å²) in [6, 6.07) is 10.1. The predicted molar refractivity (Wildman–Crippen MR) is 144 cm³/mol. The maximum absolute atomic E-state index is 13.6. The molecule has 4 rings (SSSR count). The van der Waals surface area contributed by atoms with Crippen molar-refractivity contribution in [3.05, 3.63) is 70.7 Å². The third-order valence-electron chi connectivity index (χ3n) is 6.39. The van der Waals surface area contributed by atoms with Gasteiger partial charge in [0.2, 0.25) is 15.9 Å². The first-order chi connectivity index (χ1) is 19.2. The molecular weight excluding hydrogens is 585 g/mol. The summed E-state index contributed by atoms with van der Waals surface area (Å²) in [5.74, 6) is -2.02. The molecule has 1 amide bonds. The molecule has 1 aromatic heterocycles. The number of sulfonamides is 1. The van der Waals surface area contributed by atoms with Gasteiger partial charge in [0.15, 0.2) is 5.13 Å². The molecule has 1 aliphatic rings. The topological polar surface area (TPSA) is 129 Å². The normalized spacial score (nSPS) is 16.5. The summed E-state index contributed by atoms with van der Waals surface area (Å²) < 4.78 is 69.6. The molecule has 0 saturated carbocycles. The van der Waals surface area contributed by atoms with E-state index in [4.69, 9.17) is 0 Å². The Labute approximate surface area is 238 Å². The molecule has 3 aromatic rings. The third kappa shape index (κ3) is 7.34. The number of amides is 1. The second kappa shape index (κ2) is 12.0. The van der Waals surface area contributed by atoms with Crippen LogP contribution in [0.4, 0.5) is 18.3 Å². The van der Waals surface area contributed by atoms with Crippen molar-refractivity contribution in [1.82, 2.24) is 14.6 Å². The number of nitrogens with one attached hydrogen (secondary N) is 1. The maximum Gasteiger partial charge on any atom is 0.573 e. The van der Waals surface area contributed by atoms with Crippen LogP contribution in [0.15, 0.2) is 59.6 Å². The lowest BCUT2D eigenvalue weighted by molar-refractivity contribution is -0.274. The van der Waals surface area contributed by atoms with E-state index in [9.17, 15) is 36.3 Å². The standard InChI is InChI=1S/C26H27F3N4O6S2/c1-16(2)18-5-3-17(4-6-18)13-30-23(34)21-15-32(25-31-14-22(40-25)24(35)36)11-12-33(21)41(37,38)20-9-7-19(8-10-20)39-26(27,28)29/h3-10,14,16,21H,11-13,15H2,1-2H3,(H,30,34)(H,35,36). The number of thiazole rings is 1. The second-order valence-electron chi connectivity index (χ2n) is 9.52. The average molecular weight is 613 g/mol. The van der Waals surface area contributed by atoms with Gasteiger partial charge in [-0.15, -0.1) is 13.2 Å². The van der Waals surface area contributed by atoms with Gasteiger partial charge in [-0.1, -0.05) is 49.4 Å². The summed E-state index contributed by atoms with van der Waals surface area (Å²) in [5, 5.41) is 12.3. The number of nitrogens with zero attached hydrogens (tertiary/aromatic N) is 3. The average Bonchev–Trinajstić information content (AvgIpc) is 3.42. The minimum atomic E-state index is -4.94. The van der Waals surface area contributed by atoms with E-state index in [0.717, 1.165) is 51.0 Å². The van der Waals surface area contributed by atoms with Crippen molar-refractivity contribution < 1.29 is 41.0 Å². The summed E-state index contributed by atoms with van der Waals surface area (Å²) in [6.45, 7) is 4.05. The van der Waals surface area contributed by atoms with Crippen LogP contribution in [0.25, 0.3) is 0 Å². The van der Waals surface area contributed by atoms with Gasteiger partial charge in [-0.25, -0.2) is 18.2 Å². The Bertz CT molecular complexity index is 1490. The molecule has 41 heavy (non-hydrogen) atoms. The molecule has 2 N–H and O–H groups in total. The van der Waals surface area contributed by atoms with Gasteiger partial charge in [0.05, 0.1) is 11.1 Å². The van der Waals surface area contributed by atoms with Crippen LogP contribution >= 0.6 is 11.3 Å². The fourth-order valence-electron chi connectivity index (χ4n) is 4.23. The molecule has 2 aromatic carbocycles. The summed E-state index contributed by atoms with van der Waals surface area (Å²) in [7, 11) is -4.33. The first kappa shape index (κ1) is 30.3. The van der Waals surface area contributed by atoms with E-state index in [0.29, 0.717) is 11.0 Å². The first-order valence-electron chi connectivity index (χ1n) is 12.4. The van der Waals surface area contributed by atoms with E-state index < -0.39 is 40.1 Å². The minimum absolute atomic E-state index is 0.0120. The molecule has 0 aliphatic carbocycles. The van der Waals surface area contributed by atoms with Gasteiger partial charge in [-0.3, -0.25) is 4.79 Å². The number of alkyl halides is 3. The number of aromatic nitrogens is 1. The smallest absolute Gasteiger partial charge is 0.477 e. The SMILES string of the molecule is CC(C)c1ccc(CNC(=O)C2CN(c3ncc(C(=O)O)s3)CCN2S(=O)(=O)c2ccc(OC(F)(F)F)cc2)cc1. The molecule has 15 heteroatoms. The molecule has 1 atom stereocenters. The van der Waals surface area contributed by atoms with E-state index in [2.05, 4.69) is 28.9 Å². The largest absolute Gasteiger partial charge is 0.573 e. The number of rotatable bonds is 9. The van der Waals surface area contributed by atoms with Gasteiger partial charge in [-0.2, -0.15) is 4.31 Å². The molecular formula is C26H27F3N4O6S2. The Morgan fingerprint density at radius 3 is 2.34 bits per heavy atom. The minimum Gasteiger partial charge on any atom is -0.477 e. The summed E-state index contributed by atoms with van der Waals surface area (Å²) in [5.41, 5.74) is 1.92. The Morgan fingerprint density at radius 2 is 1.78 bits per heavy atom. The molecule has 1 aliphatic heterocycles. The molecule has 0 radical (unpaired) electrons. The highest BCUT2D eigenvalue weighted by molar-refractivity contribution is 7.89. The first-order valence-corrected chi connectivity index (χ1v) is 14.7. The zero-order chi connectivity index (χ0) is 29.9. The van der Waals surface area contributed by atoms with Crippen molar-refractivity contribution in [3.8, 4) is 5.75 Å². The van der Waals surface area contributed by atoms with Gasteiger partial charge in [0, 0.05) is 26.2 Å².